The van der Waals surface area contributed by atoms with Gasteiger partial charge in [-0.3, -0.25) is 9.69 Å². The van der Waals surface area contributed by atoms with Gasteiger partial charge in [-0.05, 0) is 31.4 Å². The summed E-state index contributed by atoms with van der Waals surface area (Å²) in [7, 11) is -3.32. The molecule has 7 nitrogen and oxygen atoms in total. The molecule has 34 heavy (non-hydrogen) atoms. The highest BCUT2D eigenvalue weighted by molar-refractivity contribution is 7.93. The van der Waals surface area contributed by atoms with Crippen LogP contribution in [0.15, 0.2) is 48.0 Å². The minimum atomic E-state index is -3.32. The zero-order chi connectivity index (χ0) is 24.5. The van der Waals surface area contributed by atoms with Gasteiger partial charge in [0.2, 0.25) is 0 Å². The highest BCUT2D eigenvalue weighted by Gasteiger charge is 2.37. The lowest BCUT2D eigenvalue weighted by molar-refractivity contribution is 0.0937. The Morgan fingerprint density at radius 1 is 1.29 bits per heavy atom. The van der Waals surface area contributed by atoms with Crippen molar-refractivity contribution in [3.63, 3.8) is 0 Å². The van der Waals surface area contributed by atoms with E-state index in [0.717, 1.165) is 30.3 Å². The molecule has 2 atom stereocenters. The van der Waals surface area contributed by atoms with Gasteiger partial charge < -0.3 is 10.2 Å². The second-order valence-electron chi connectivity index (χ2n) is 8.90. The third kappa shape index (κ3) is 5.95. The Bertz CT molecular complexity index is 1200. The molecule has 1 amide bonds. The van der Waals surface area contributed by atoms with Crippen molar-refractivity contribution >= 4 is 33.0 Å². The number of halogens is 2. The highest BCUT2D eigenvalue weighted by Crippen LogP contribution is 2.38. The van der Waals surface area contributed by atoms with E-state index < -0.39 is 27.6 Å². The van der Waals surface area contributed by atoms with Gasteiger partial charge in [-0.1, -0.05) is 35.9 Å². The first-order valence-electron chi connectivity index (χ1n) is 11.2. The third-order valence-corrected chi connectivity index (χ3v) is 7.08. The Morgan fingerprint density at radius 3 is 2.68 bits per heavy atom. The minimum absolute atomic E-state index is 0.0647. The Kier molecular flexibility index (Phi) is 7.25. The summed E-state index contributed by atoms with van der Waals surface area (Å²) >= 11 is 6.52. The van der Waals surface area contributed by atoms with Crippen LogP contribution in [0.5, 0.6) is 0 Å². The van der Waals surface area contributed by atoms with E-state index in [0.29, 0.717) is 23.3 Å². The maximum Gasteiger partial charge on any atom is 0.273 e. The molecule has 1 aliphatic heterocycles. The first-order chi connectivity index (χ1) is 16.1. The van der Waals surface area contributed by atoms with E-state index in [-0.39, 0.29) is 11.7 Å². The first-order valence-corrected chi connectivity index (χ1v) is 13.6. The van der Waals surface area contributed by atoms with Crippen LogP contribution in [0, 0.1) is 5.82 Å². The number of nitrogens with zero attached hydrogens (tertiary/aromatic N) is 3. The lowest BCUT2D eigenvalue weighted by Gasteiger charge is -2.43. The van der Waals surface area contributed by atoms with E-state index in [1.807, 2.05) is 24.3 Å². The Hall–Kier alpha value is -2.49. The Labute approximate surface area is 204 Å². The van der Waals surface area contributed by atoms with Crippen molar-refractivity contribution in [3.8, 4) is 0 Å². The number of pyridine rings is 1. The molecule has 1 aromatic carbocycles. The fourth-order valence-electron chi connectivity index (χ4n) is 4.23. The SMILES string of the molecule is C[C@H](/C=C/S(C)(=O)=O)NC(=O)c1ncc(N2CCN(C3CC3)CC2c2ccccc2Cl)cc1F. The Balaban J connectivity index is 1.55. The van der Waals surface area contributed by atoms with E-state index >= 15 is 4.39 Å². The monoisotopic (exact) mass is 506 g/mol. The largest absolute Gasteiger partial charge is 0.361 e. The first kappa shape index (κ1) is 24.6. The highest BCUT2D eigenvalue weighted by atomic mass is 35.5. The molecule has 0 bridgehead atoms. The molecule has 4 rings (SSSR count). The van der Waals surface area contributed by atoms with Gasteiger partial charge in [0, 0.05) is 54.5 Å². The molecule has 1 saturated carbocycles. The van der Waals surface area contributed by atoms with Crippen molar-refractivity contribution in [1.29, 1.82) is 0 Å². The minimum Gasteiger partial charge on any atom is -0.361 e. The number of benzene rings is 1. The predicted molar refractivity (Wildman–Crippen MR) is 131 cm³/mol. The van der Waals surface area contributed by atoms with Crippen molar-refractivity contribution in [3.05, 3.63) is 70.1 Å². The number of hydrogen-bond donors (Lipinski definition) is 1. The number of sulfone groups is 1. The summed E-state index contributed by atoms with van der Waals surface area (Å²) in [5.74, 6) is -1.45. The van der Waals surface area contributed by atoms with Crippen LogP contribution < -0.4 is 10.2 Å². The van der Waals surface area contributed by atoms with Gasteiger partial charge in [0.25, 0.3) is 5.91 Å². The van der Waals surface area contributed by atoms with Crippen molar-refractivity contribution in [2.24, 2.45) is 0 Å². The molecule has 182 valence electrons. The van der Waals surface area contributed by atoms with Crippen LogP contribution in [0.3, 0.4) is 0 Å². The summed E-state index contributed by atoms with van der Waals surface area (Å²) in [6.45, 7) is 3.92. The summed E-state index contributed by atoms with van der Waals surface area (Å²) in [5, 5.41) is 4.21. The van der Waals surface area contributed by atoms with Crippen LogP contribution in [-0.2, 0) is 9.84 Å². The molecule has 2 fully saturated rings. The van der Waals surface area contributed by atoms with Crippen molar-refractivity contribution in [1.82, 2.24) is 15.2 Å². The number of carbonyl (C=O) groups excluding carboxylic acids is 1. The second-order valence-corrected chi connectivity index (χ2v) is 11.2. The van der Waals surface area contributed by atoms with Gasteiger partial charge in [0.1, 0.15) is 0 Å². The summed E-state index contributed by atoms with van der Waals surface area (Å²) in [6.07, 6.45) is 6.29. The summed E-state index contributed by atoms with van der Waals surface area (Å²) in [5.41, 5.74) is 1.22. The summed E-state index contributed by atoms with van der Waals surface area (Å²) < 4.78 is 37.5. The average Bonchev–Trinajstić information content (AvgIpc) is 3.62. The predicted octanol–water partition coefficient (Wildman–Crippen LogP) is 3.58. The van der Waals surface area contributed by atoms with E-state index in [4.69, 9.17) is 11.6 Å². The van der Waals surface area contributed by atoms with Crippen LogP contribution in [-0.4, -0.2) is 62.2 Å². The molecular weight excluding hydrogens is 479 g/mol. The molecule has 0 spiro atoms. The van der Waals surface area contributed by atoms with Crippen LogP contribution in [0.1, 0.15) is 41.9 Å². The lowest BCUT2D eigenvalue weighted by atomic mass is 10.0. The van der Waals surface area contributed by atoms with Gasteiger partial charge in [-0.15, -0.1) is 0 Å². The van der Waals surface area contributed by atoms with Gasteiger partial charge >= 0.3 is 0 Å². The number of rotatable bonds is 7. The molecule has 1 unspecified atom stereocenters. The molecule has 1 aliphatic carbocycles. The number of hydrogen-bond acceptors (Lipinski definition) is 6. The number of anilines is 1. The fraction of sp³-hybridized carbons (Fsp3) is 0.417. The van der Waals surface area contributed by atoms with E-state index in [9.17, 15) is 13.2 Å². The van der Waals surface area contributed by atoms with Crippen LogP contribution in [0.2, 0.25) is 5.02 Å². The lowest BCUT2D eigenvalue weighted by Crippen LogP contribution is -2.49. The zero-order valence-electron chi connectivity index (χ0n) is 19.1. The van der Waals surface area contributed by atoms with Crippen LogP contribution >= 0.6 is 11.6 Å². The fourth-order valence-corrected chi connectivity index (χ4v) is 5.01. The molecule has 2 aliphatic rings. The standard InChI is InChI=1S/C24H28ClFN4O3S/c1-16(9-12-34(2,32)33)28-24(31)23-21(26)13-18(14-27-23)30-11-10-29(17-7-8-17)15-22(30)19-5-3-4-6-20(19)25/h3-6,9,12-14,16-17,22H,7-8,10-11,15H2,1-2H3,(H,28,31)/b12-9+/t16-,22?/m1/s1. The van der Waals surface area contributed by atoms with Crippen molar-refractivity contribution < 1.29 is 17.6 Å². The van der Waals surface area contributed by atoms with Crippen molar-refractivity contribution in [2.75, 3.05) is 30.8 Å². The smallest absolute Gasteiger partial charge is 0.273 e. The maximum atomic E-state index is 15.0. The normalized spacial score (nSPS) is 20.5. The van der Waals surface area contributed by atoms with Gasteiger partial charge in [0.05, 0.1) is 17.9 Å². The van der Waals surface area contributed by atoms with Gasteiger partial charge in [0.15, 0.2) is 21.3 Å². The molecular formula is C24H28ClFN4O3S. The molecule has 10 heteroatoms. The van der Waals surface area contributed by atoms with E-state index in [2.05, 4.69) is 20.1 Å². The summed E-state index contributed by atoms with van der Waals surface area (Å²) in [6, 6.07) is 8.94. The average molecular weight is 507 g/mol. The number of nitrogens with one attached hydrogen (secondary N) is 1. The molecule has 2 aromatic rings. The number of carbonyl (C=O) groups is 1. The second kappa shape index (κ2) is 10.0. The number of amides is 1. The topological polar surface area (TPSA) is 82.6 Å². The molecule has 1 saturated heterocycles. The van der Waals surface area contributed by atoms with Crippen molar-refractivity contribution in [2.45, 2.75) is 37.9 Å². The number of piperazine rings is 1. The number of aromatic nitrogens is 1. The van der Waals surface area contributed by atoms with Gasteiger partial charge in [-0.2, -0.15) is 0 Å². The van der Waals surface area contributed by atoms with Crippen LogP contribution in [0.4, 0.5) is 10.1 Å². The molecule has 1 aromatic heterocycles. The summed E-state index contributed by atoms with van der Waals surface area (Å²) in [4.78, 5) is 21.2. The van der Waals surface area contributed by atoms with Gasteiger partial charge in [-0.25, -0.2) is 17.8 Å². The maximum absolute atomic E-state index is 15.0. The Morgan fingerprint density at radius 2 is 2.03 bits per heavy atom. The zero-order valence-corrected chi connectivity index (χ0v) is 20.7. The molecule has 0 radical (unpaired) electrons. The molecule has 2 heterocycles. The quantitative estimate of drug-likeness (QED) is 0.618. The van der Waals surface area contributed by atoms with E-state index in [1.54, 1.807) is 6.92 Å². The van der Waals surface area contributed by atoms with Crippen LogP contribution in [0.25, 0.3) is 0 Å². The molecule has 1 N–H and O–H groups in total. The third-order valence-electron chi connectivity index (χ3n) is 6.09. The van der Waals surface area contributed by atoms with E-state index in [1.165, 1.54) is 31.2 Å².